The fourth-order valence-corrected chi connectivity index (χ4v) is 7.42. The topological polar surface area (TPSA) is 100 Å². The van der Waals surface area contributed by atoms with Crippen LogP contribution in [0.1, 0.15) is 58.3 Å². The summed E-state index contributed by atoms with van der Waals surface area (Å²) < 4.78 is 115. The SMILES string of the molecule is COC12CC3CC(CC(NC(=O)C(F)(F)S(=O)(=O)OC(CC4(C)OCCCO4)C(F)(F)F)(C3)C1)C2. The van der Waals surface area contributed by atoms with Crippen LogP contribution >= 0.6 is 0 Å². The van der Waals surface area contributed by atoms with Gasteiger partial charge in [0.25, 0.3) is 0 Å². The average molecular weight is 536 g/mol. The van der Waals surface area contributed by atoms with E-state index in [0.29, 0.717) is 32.1 Å². The van der Waals surface area contributed by atoms with Crippen LogP contribution in [0.15, 0.2) is 0 Å². The minimum Gasteiger partial charge on any atom is -0.378 e. The number of nitrogens with one attached hydrogen (secondary N) is 1. The summed E-state index contributed by atoms with van der Waals surface area (Å²) in [5.74, 6) is -3.87. The first-order valence-corrected chi connectivity index (χ1v) is 13.0. The summed E-state index contributed by atoms with van der Waals surface area (Å²) in [4.78, 5) is 12.6. The maximum absolute atomic E-state index is 14.9. The van der Waals surface area contributed by atoms with Gasteiger partial charge in [-0.25, -0.2) is 0 Å². The molecule has 8 nitrogen and oxygen atoms in total. The first-order chi connectivity index (χ1) is 16.0. The quantitative estimate of drug-likeness (QED) is 0.376. The van der Waals surface area contributed by atoms with E-state index >= 15 is 0 Å². The van der Waals surface area contributed by atoms with E-state index in [1.165, 1.54) is 7.11 Å². The van der Waals surface area contributed by atoms with Gasteiger partial charge in [0.05, 0.1) is 18.8 Å². The molecule has 4 saturated carbocycles. The van der Waals surface area contributed by atoms with Crippen LogP contribution in [0, 0.1) is 11.8 Å². The minimum absolute atomic E-state index is 0.0411. The molecule has 1 N–H and O–H groups in total. The largest absolute Gasteiger partial charge is 0.446 e. The Hall–Kier alpha value is -1.09. The number of carbonyl (C=O) groups excluding carboxylic acids is 1. The Balaban J connectivity index is 1.51. The van der Waals surface area contributed by atoms with Crippen molar-refractivity contribution in [3.8, 4) is 0 Å². The van der Waals surface area contributed by atoms with Gasteiger partial charge < -0.3 is 19.5 Å². The van der Waals surface area contributed by atoms with E-state index in [4.69, 9.17) is 14.2 Å². The van der Waals surface area contributed by atoms with Crippen LogP contribution in [0.5, 0.6) is 0 Å². The first kappa shape index (κ1) is 27.0. The lowest BCUT2D eigenvalue weighted by Crippen LogP contribution is -2.67. The van der Waals surface area contributed by atoms with Gasteiger partial charge in [0.15, 0.2) is 11.9 Å². The second-order valence-corrected chi connectivity index (χ2v) is 12.2. The van der Waals surface area contributed by atoms with Crippen molar-refractivity contribution in [1.82, 2.24) is 5.32 Å². The number of hydrogen-bond donors (Lipinski definition) is 1. The summed E-state index contributed by atoms with van der Waals surface area (Å²) in [6, 6.07) is 0. The van der Waals surface area contributed by atoms with E-state index in [1.807, 2.05) is 0 Å². The number of halogens is 5. The molecule has 1 heterocycles. The molecule has 3 unspecified atom stereocenters. The van der Waals surface area contributed by atoms with Crippen molar-refractivity contribution in [1.29, 1.82) is 0 Å². The molecule has 4 bridgehead atoms. The number of alkyl halides is 5. The van der Waals surface area contributed by atoms with Gasteiger partial charge in [-0.1, -0.05) is 0 Å². The molecule has 0 aromatic rings. The summed E-state index contributed by atoms with van der Waals surface area (Å²) in [5.41, 5.74) is -1.71. The van der Waals surface area contributed by atoms with Crippen LogP contribution < -0.4 is 5.32 Å². The molecule has 5 fully saturated rings. The third-order valence-electron chi connectivity index (χ3n) is 7.67. The molecule has 0 aromatic carbocycles. The third-order valence-corrected chi connectivity index (χ3v) is 8.96. The molecule has 0 radical (unpaired) electrons. The molecule has 1 saturated heterocycles. The standard InChI is InChI=1S/C21H30F5NO7S/c1-17(32-4-3-5-33-17)11-15(20(22,23)24)34-35(29,30)21(25,26)16(28)27-18-7-13-6-14(8-18)10-19(9-13,12-18)31-2/h13-15H,3-12H2,1-2H3,(H,27,28). The fourth-order valence-electron chi connectivity index (χ4n) is 6.54. The maximum atomic E-state index is 14.9. The van der Waals surface area contributed by atoms with E-state index in [0.717, 1.165) is 13.3 Å². The summed E-state index contributed by atoms with van der Waals surface area (Å²) in [7, 11) is -4.82. The molecule has 0 aromatic heterocycles. The van der Waals surface area contributed by atoms with E-state index < -0.39 is 56.9 Å². The van der Waals surface area contributed by atoms with E-state index in [-0.39, 0.29) is 31.5 Å². The van der Waals surface area contributed by atoms with Crippen molar-refractivity contribution in [2.24, 2.45) is 11.8 Å². The zero-order valence-corrected chi connectivity index (χ0v) is 20.3. The summed E-state index contributed by atoms with van der Waals surface area (Å²) in [6.07, 6.45) is -6.11. The van der Waals surface area contributed by atoms with Crippen LogP contribution in [0.25, 0.3) is 0 Å². The lowest BCUT2D eigenvalue weighted by atomic mass is 9.51. The molecule has 35 heavy (non-hydrogen) atoms. The van der Waals surface area contributed by atoms with Crippen LogP contribution in [0.4, 0.5) is 22.0 Å². The van der Waals surface area contributed by atoms with Gasteiger partial charge in [0.2, 0.25) is 0 Å². The van der Waals surface area contributed by atoms with Crippen molar-refractivity contribution in [3.63, 3.8) is 0 Å². The van der Waals surface area contributed by atoms with E-state index in [9.17, 15) is 35.2 Å². The molecular formula is C21H30F5NO7S. The zero-order valence-electron chi connectivity index (χ0n) is 19.5. The number of rotatable bonds is 8. The van der Waals surface area contributed by atoms with Gasteiger partial charge in [-0.2, -0.15) is 30.4 Å². The van der Waals surface area contributed by atoms with Gasteiger partial charge in [0, 0.05) is 19.1 Å². The van der Waals surface area contributed by atoms with Gasteiger partial charge in [-0.15, -0.1) is 0 Å². The normalized spacial score (nSPS) is 35.6. The molecule has 202 valence electrons. The van der Waals surface area contributed by atoms with Gasteiger partial charge in [-0.3, -0.25) is 8.98 Å². The van der Waals surface area contributed by atoms with Crippen LogP contribution in [-0.2, 0) is 33.3 Å². The average Bonchev–Trinajstić information content (AvgIpc) is 2.71. The predicted molar refractivity (Wildman–Crippen MR) is 110 cm³/mol. The summed E-state index contributed by atoms with van der Waals surface area (Å²) >= 11 is 0. The van der Waals surface area contributed by atoms with Crippen molar-refractivity contribution >= 4 is 16.0 Å². The Kier molecular flexibility index (Phi) is 6.73. The number of hydrogen-bond acceptors (Lipinski definition) is 7. The molecular weight excluding hydrogens is 505 g/mol. The highest BCUT2D eigenvalue weighted by molar-refractivity contribution is 7.88. The molecule has 1 amide bonds. The van der Waals surface area contributed by atoms with Crippen molar-refractivity contribution in [2.75, 3.05) is 20.3 Å². The highest BCUT2D eigenvalue weighted by atomic mass is 32.2. The van der Waals surface area contributed by atoms with Crippen molar-refractivity contribution < 1.29 is 53.6 Å². The lowest BCUT2D eigenvalue weighted by Gasteiger charge is -2.61. The van der Waals surface area contributed by atoms with Crippen LogP contribution in [0.2, 0.25) is 0 Å². The number of carbonyl (C=O) groups is 1. The highest BCUT2D eigenvalue weighted by Gasteiger charge is 2.63. The number of ether oxygens (including phenoxy) is 3. The Labute approximate surface area is 200 Å². The molecule has 0 spiro atoms. The first-order valence-electron chi connectivity index (χ1n) is 11.6. The molecule has 5 aliphatic rings. The smallest absolute Gasteiger partial charge is 0.378 e. The Morgan fingerprint density at radius 3 is 2.17 bits per heavy atom. The maximum Gasteiger partial charge on any atom is 0.446 e. The molecule has 14 heteroatoms. The monoisotopic (exact) mass is 535 g/mol. The summed E-state index contributed by atoms with van der Waals surface area (Å²) in [6.45, 7) is 1.21. The van der Waals surface area contributed by atoms with Gasteiger partial charge in [-0.05, 0) is 63.7 Å². The fraction of sp³-hybridized carbons (Fsp3) is 0.952. The lowest BCUT2D eigenvalue weighted by molar-refractivity contribution is -0.288. The van der Waals surface area contributed by atoms with Crippen LogP contribution in [0.3, 0.4) is 0 Å². The van der Waals surface area contributed by atoms with Gasteiger partial charge >= 0.3 is 27.5 Å². The summed E-state index contributed by atoms with van der Waals surface area (Å²) in [5, 5.41) is -3.08. The second kappa shape index (κ2) is 8.74. The third kappa shape index (κ3) is 5.18. The number of amides is 1. The minimum atomic E-state index is -6.33. The molecule has 1 aliphatic heterocycles. The van der Waals surface area contributed by atoms with Gasteiger partial charge in [0.1, 0.15) is 0 Å². The van der Waals surface area contributed by atoms with Crippen molar-refractivity contribution in [3.05, 3.63) is 0 Å². The predicted octanol–water partition coefficient (Wildman–Crippen LogP) is 3.25. The number of methoxy groups -OCH3 is 1. The van der Waals surface area contributed by atoms with E-state index in [2.05, 4.69) is 9.50 Å². The Bertz CT molecular complexity index is 921. The second-order valence-electron chi connectivity index (χ2n) is 10.6. The van der Waals surface area contributed by atoms with Crippen LogP contribution in [-0.4, -0.2) is 69.1 Å². The Morgan fingerprint density at radius 2 is 1.66 bits per heavy atom. The molecule has 3 atom stereocenters. The molecule has 4 aliphatic carbocycles. The Morgan fingerprint density at radius 1 is 1.09 bits per heavy atom. The molecule has 5 rings (SSSR count). The van der Waals surface area contributed by atoms with Crippen molar-refractivity contribution in [2.45, 2.75) is 92.8 Å². The van der Waals surface area contributed by atoms with E-state index in [1.54, 1.807) is 0 Å². The zero-order chi connectivity index (χ0) is 25.9. The highest BCUT2D eigenvalue weighted by Crippen LogP contribution is 2.58.